The van der Waals surface area contributed by atoms with Crippen LogP contribution in [0, 0.1) is 15.9 Å². The summed E-state index contributed by atoms with van der Waals surface area (Å²) in [6.45, 7) is 2.12. The van der Waals surface area contributed by atoms with Gasteiger partial charge in [0.1, 0.15) is 18.5 Å². The van der Waals surface area contributed by atoms with Gasteiger partial charge in [-0.15, -0.1) is 0 Å². The van der Waals surface area contributed by atoms with Crippen LogP contribution in [0.15, 0.2) is 18.2 Å². The van der Waals surface area contributed by atoms with Crippen molar-refractivity contribution in [2.75, 3.05) is 20.3 Å². The Morgan fingerprint density at radius 2 is 2.25 bits per heavy atom. The number of ether oxygens (including phenoxy) is 2. The number of nitrogens with zero attached hydrogens (tertiary/aromatic N) is 1. The summed E-state index contributed by atoms with van der Waals surface area (Å²) in [6, 6.07) is 2.20. The molecule has 0 bridgehead atoms. The van der Waals surface area contributed by atoms with Crippen LogP contribution in [-0.4, -0.2) is 37.2 Å². The first-order chi connectivity index (χ1) is 9.49. The first kappa shape index (κ1) is 15.8. The van der Waals surface area contributed by atoms with Crippen LogP contribution in [0.5, 0.6) is 5.75 Å². The second-order valence-corrected chi connectivity index (χ2v) is 3.81. The van der Waals surface area contributed by atoms with E-state index in [1.165, 1.54) is 7.11 Å². The van der Waals surface area contributed by atoms with Crippen molar-refractivity contribution in [1.29, 1.82) is 0 Å². The molecule has 8 heteroatoms. The lowest BCUT2D eigenvalue weighted by molar-refractivity contribution is -0.386. The minimum atomic E-state index is -0.755. The topological polar surface area (TPSA) is 90.7 Å². The Balaban J connectivity index is 2.82. The fourth-order valence-electron chi connectivity index (χ4n) is 1.53. The van der Waals surface area contributed by atoms with Crippen molar-refractivity contribution in [1.82, 2.24) is 5.32 Å². The molecule has 0 aliphatic heterocycles. The molecule has 0 amide bonds. The van der Waals surface area contributed by atoms with Gasteiger partial charge in [0, 0.05) is 0 Å². The van der Waals surface area contributed by atoms with Crippen molar-refractivity contribution in [2.45, 2.75) is 13.0 Å². The molecule has 110 valence electrons. The van der Waals surface area contributed by atoms with Gasteiger partial charge in [-0.25, -0.2) is 4.39 Å². The highest BCUT2D eigenvalue weighted by atomic mass is 19.1. The normalized spacial score (nSPS) is 11.8. The van der Waals surface area contributed by atoms with Crippen molar-refractivity contribution in [3.63, 3.8) is 0 Å². The summed E-state index contributed by atoms with van der Waals surface area (Å²) in [5, 5.41) is 13.6. The lowest BCUT2D eigenvalue weighted by atomic mass is 10.2. The van der Waals surface area contributed by atoms with Crippen molar-refractivity contribution < 1.29 is 23.6 Å². The molecule has 0 fully saturated rings. The Morgan fingerprint density at radius 3 is 2.80 bits per heavy atom. The number of carbonyl (C=O) groups is 1. The van der Waals surface area contributed by atoms with Gasteiger partial charge < -0.3 is 14.8 Å². The van der Waals surface area contributed by atoms with Gasteiger partial charge in [-0.2, -0.15) is 0 Å². The lowest BCUT2D eigenvalue weighted by Gasteiger charge is -2.16. The van der Waals surface area contributed by atoms with Gasteiger partial charge in [0.2, 0.25) is 0 Å². The van der Waals surface area contributed by atoms with Gasteiger partial charge in [-0.1, -0.05) is 6.92 Å². The molecule has 0 saturated heterocycles. The number of hydrogen-bond donors (Lipinski definition) is 1. The third-order valence-corrected chi connectivity index (χ3v) is 2.46. The summed E-state index contributed by atoms with van der Waals surface area (Å²) in [7, 11) is 1.23. The van der Waals surface area contributed by atoms with E-state index < -0.39 is 28.4 Å². The third-order valence-electron chi connectivity index (χ3n) is 2.46. The van der Waals surface area contributed by atoms with Crippen LogP contribution in [0.1, 0.15) is 6.92 Å². The van der Waals surface area contributed by atoms with Crippen LogP contribution >= 0.6 is 0 Å². The molecule has 1 rings (SSSR count). The van der Waals surface area contributed by atoms with E-state index >= 15 is 0 Å². The van der Waals surface area contributed by atoms with E-state index in [0.717, 1.165) is 18.2 Å². The molecule has 1 aromatic rings. The number of nitro benzene ring substituents is 1. The van der Waals surface area contributed by atoms with Crippen LogP contribution in [0.25, 0.3) is 0 Å². The van der Waals surface area contributed by atoms with Crippen LogP contribution < -0.4 is 10.1 Å². The fraction of sp³-hybridized carbons (Fsp3) is 0.417. The van der Waals surface area contributed by atoms with E-state index in [0.29, 0.717) is 6.54 Å². The molecule has 1 atom stereocenters. The summed E-state index contributed by atoms with van der Waals surface area (Å²) >= 11 is 0. The number of esters is 1. The molecule has 0 aromatic heterocycles. The second kappa shape index (κ2) is 7.39. The molecule has 1 aromatic carbocycles. The molecular formula is C12H15FN2O5. The highest BCUT2D eigenvalue weighted by Gasteiger charge is 2.22. The molecule has 0 saturated carbocycles. The monoisotopic (exact) mass is 286 g/mol. The average Bonchev–Trinajstić information content (AvgIpc) is 2.43. The SMILES string of the molecule is CCNC(COc1ccc(F)cc1[N+](=O)[O-])C(=O)OC. The highest BCUT2D eigenvalue weighted by molar-refractivity contribution is 5.75. The number of hydrogen-bond acceptors (Lipinski definition) is 6. The largest absolute Gasteiger partial charge is 0.485 e. The average molecular weight is 286 g/mol. The van der Waals surface area contributed by atoms with Gasteiger partial charge in [0.25, 0.3) is 0 Å². The molecule has 1 N–H and O–H groups in total. The zero-order valence-electron chi connectivity index (χ0n) is 11.1. The van der Waals surface area contributed by atoms with Crippen molar-refractivity contribution in [3.8, 4) is 5.75 Å². The Labute approximate surface area is 114 Å². The van der Waals surface area contributed by atoms with Crippen LogP contribution in [-0.2, 0) is 9.53 Å². The van der Waals surface area contributed by atoms with Gasteiger partial charge in [0.15, 0.2) is 5.75 Å². The van der Waals surface area contributed by atoms with E-state index in [2.05, 4.69) is 10.1 Å². The molecule has 0 aliphatic rings. The molecule has 0 aliphatic carbocycles. The second-order valence-electron chi connectivity index (χ2n) is 3.81. The van der Waals surface area contributed by atoms with Crippen LogP contribution in [0.2, 0.25) is 0 Å². The maximum Gasteiger partial charge on any atom is 0.326 e. The Kier molecular flexibility index (Phi) is 5.85. The number of carbonyl (C=O) groups excluding carboxylic acids is 1. The Bertz CT molecular complexity index is 495. The Hall–Kier alpha value is -2.22. The smallest absolute Gasteiger partial charge is 0.326 e. The summed E-state index contributed by atoms with van der Waals surface area (Å²) in [4.78, 5) is 21.5. The quantitative estimate of drug-likeness (QED) is 0.461. The molecule has 0 heterocycles. The number of methoxy groups -OCH3 is 1. The molecule has 0 spiro atoms. The minimum absolute atomic E-state index is 0.108. The number of benzene rings is 1. The van der Waals surface area contributed by atoms with E-state index in [1.54, 1.807) is 6.92 Å². The van der Waals surface area contributed by atoms with Gasteiger partial charge in [-0.05, 0) is 18.7 Å². The van der Waals surface area contributed by atoms with Crippen LogP contribution in [0.4, 0.5) is 10.1 Å². The third kappa shape index (κ3) is 4.16. The zero-order valence-corrected chi connectivity index (χ0v) is 11.1. The minimum Gasteiger partial charge on any atom is -0.485 e. The van der Waals surface area contributed by atoms with E-state index in [4.69, 9.17) is 4.74 Å². The van der Waals surface area contributed by atoms with E-state index in [-0.39, 0.29) is 12.4 Å². The van der Waals surface area contributed by atoms with Crippen LogP contribution in [0.3, 0.4) is 0 Å². The maximum absolute atomic E-state index is 13.0. The maximum atomic E-state index is 13.0. The number of halogens is 1. The molecule has 20 heavy (non-hydrogen) atoms. The standard InChI is InChI=1S/C12H15FN2O5/c1-3-14-9(12(16)19-2)7-20-11-5-4-8(13)6-10(11)15(17)18/h4-6,9,14H,3,7H2,1-2H3. The van der Waals surface area contributed by atoms with Gasteiger partial charge in [-0.3, -0.25) is 14.9 Å². The number of nitrogens with one attached hydrogen (secondary N) is 1. The van der Waals surface area contributed by atoms with Crippen molar-refractivity contribution in [2.24, 2.45) is 0 Å². The molecule has 7 nitrogen and oxygen atoms in total. The number of rotatable bonds is 7. The lowest BCUT2D eigenvalue weighted by Crippen LogP contribution is -2.42. The van der Waals surface area contributed by atoms with E-state index in [1.807, 2.05) is 0 Å². The molecule has 0 radical (unpaired) electrons. The molecular weight excluding hydrogens is 271 g/mol. The molecule has 1 unspecified atom stereocenters. The first-order valence-corrected chi connectivity index (χ1v) is 5.87. The van der Waals surface area contributed by atoms with E-state index in [9.17, 15) is 19.3 Å². The first-order valence-electron chi connectivity index (χ1n) is 5.87. The number of likely N-dealkylation sites (N-methyl/N-ethyl adjacent to an activating group) is 1. The summed E-state index contributed by atoms with van der Waals surface area (Å²) < 4.78 is 22.8. The van der Waals surface area contributed by atoms with Crippen molar-refractivity contribution >= 4 is 11.7 Å². The summed E-state index contributed by atoms with van der Waals surface area (Å²) in [5.41, 5.74) is -0.495. The Morgan fingerprint density at radius 1 is 1.55 bits per heavy atom. The number of nitro groups is 1. The fourth-order valence-corrected chi connectivity index (χ4v) is 1.53. The zero-order chi connectivity index (χ0) is 15.1. The van der Waals surface area contributed by atoms with Gasteiger partial charge in [0.05, 0.1) is 18.1 Å². The predicted octanol–water partition coefficient (Wildman–Crippen LogP) is 1.26. The summed E-state index contributed by atoms with van der Waals surface area (Å²) in [6.07, 6.45) is 0. The predicted molar refractivity (Wildman–Crippen MR) is 68.0 cm³/mol. The highest BCUT2D eigenvalue weighted by Crippen LogP contribution is 2.27. The van der Waals surface area contributed by atoms with Gasteiger partial charge >= 0.3 is 11.7 Å². The van der Waals surface area contributed by atoms with Crippen molar-refractivity contribution in [3.05, 3.63) is 34.1 Å². The summed E-state index contributed by atoms with van der Waals surface area (Å²) in [5.74, 6) is -1.39.